The number of hydrogen-bond donors (Lipinski definition) is 1. The van der Waals surface area contributed by atoms with Crippen molar-refractivity contribution in [2.75, 3.05) is 13.6 Å². The maximum Gasteiger partial charge on any atom is 0.123 e. The van der Waals surface area contributed by atoms with E-state index in [-0.39, 0.29) is 5.82 Å². The van der Waals surface area contributed by atoms with Gasteiger partial charge in [0.25, 0.3) is 0 Å². The Labute approximate surface area is 126 Å². The molecular formula is C18H23FN2. The molecule has 0 radical (unpaired) electrons. The van der Waals surface area contributed by atoms with Crippen molar-refractivity contribution in [3.05, 3.63) is 71.0 Å². The van der Waals surface area contributed by atoms with E-state index in [4.69, 9.17) is 0 Å². The van der Waals surface area contributed by atoms with Crippen LogP contribution in [0.5, 0.6) is 0 Å². The van der Waals surface area contributed by atoms with E-state index < -0.39 is 0 Å². The normalized spacial score (nSPS) is 11.0. The summed E-state index contributed by atoms with van der Waals surface area (Å²) in [4.78, 5) is 2.19. The molecule has 0 fully saturated rings. The van der Waals surface area contributed by atoms with Crippen molar-refractivity contribution in [1.29, 1.82) is 0 Å². The number of hydrogen-bond acceptors (Lipinski definition) is 2. The molecule has 0 unspecified atom stereocenters. The predicted molar refractivity (Wildman–Crippen MR) is 85.4 cm³/mol. The molecule has 0 saturated heterocycles. The Kier molecular flexibility index (Phi) is 5.90. The van der Waals surface area contributed by atoms with Crippen molar-refractivity contribution >= 4 is 0 Å². The van der Waals surface area contributed by atoms with Gasteiger partial charge in [-0.1, -0.05) is 43.3 Å². The third kappa shape index (κ3) is 5.29. The Hall–Kier alpha value is -1.71. The van der Waals surface area contributed by atoms with Crippen LogP contribution >= 0.6 is 0 Å². The van der Waals surface area contributed by atoms with Crippen LogP contribution in [-0.2, 0) is 19.6 Å². The smallest absolute Gasteiger partial charge is 0.123 e. The van der Waals surface area contributed by atoms with Gasteiger partial charge < -0.3 is 5.32 Å². The van der Waals surface area contributed by atoms with E-state index in [0.717, 1.165) is 31.7 Å². The highest BCUT2D eigenvalue weighted by atomic mass is 19.1. The van der Waals surface area contributed by atoms with E-state index in [1.165, 1.54) is 17.2 Å². The standard InChI is InChI=1S/C18H23FN2/c1-3-20-12-15-7-9-16(10-8-15)13-21(2)14-17-5-4-6-18(19)11-17/h4-11,20H,3,12-14H2,1-2H3. The van der Waals surface area contributed by atoms with Gasteiger partial charge in [0, 0.05) is 19.6 Å². The number of halogens is 1. The summed E-state index contributed by atoms with van der Waals surface area (Å²) in [5.74, 6) is -0.173. The maximum atomic E-state index is 13.2. The van der Waals surface area contributed by atoms with Gasteiger partial charge in [-0.15, -0.1) is 0 Å². The molecule has 0 aliphatic rings. The van der Waals surface area contributed by atoms with Gasteiger partial charge in [0.2, 0.25) is 0 Å². The van der Waals surface area contributed by atoms with Crippen LogP contribution < -0.4 is 5.32 Å². The molecule has 0 heterocycles. The van der Waals surface area contributed by atoms with E-state index in [2.05, 4.69) is 48.5 Å². The van der Waals surface area contributed by atoms with Crippen molar-refractivity contribution in [2.45, 2.75) is 26.6 Å². The van der Waals surface area contributed by atoms with Crippen molar-refractivity contribution in [3.8, 4) is 0 Å². The first-order chi connectivity index (χ1) is 10.2. The Balaban J connectivity index is 1.88. The van der Waals surface area contributed by atoms with Gasteiger partial charge in [-0.3, -0.25) is 4.90 Å². The summed E-state index contributed by atoms with van der Waals surface area (Å²) < 4.78 is 13.2. The quantitative estimate of drug-likeness (QED) is 0.837. The molecule has 1 N–H and O–H groups in total. The third-order valence-corrected chi connectivity index (χ3v) is 3.40. The van der Waals surface area contributed by atoms with Crippen molar-refractivity contribution < 1.29 is 4.39 Å². The van der Waals surface area contributed by atoms with E-state index in [1.807, 2.05) is 6.07 Å². The van der Waals surface area contributed by atoms with Crippen LogP contribution in [0.1, 0.15) is 23.6 Å². The number of nitrogens with one attached hydrogen (secondary N) is 1. The minimum Gasteiger partial charge on any atom is -0.313 e. The molecule has 0 bridgehead atoms. The highest BCUT2D eigenvalue weighted by Crippen LogP contribution is 2.11. The van der Waals surface area contributed by atoms with Crippen LogP contribution in [0.3, 0.4) is 0 Å². The maximum absolute atomic E-state index is 13.2. The van der Waals surface area contributed by atoms with Gasteiger partial charge in [-0.25, -0.2) is 4.39 Å². The molecule has 2 rings (SSSR count). The molecule has 0 spiro atoms. The fourth-order valence-corrected chi connectivity index (χ4v) is 2.35. The summed E-state index contributed by atoms with van der Waals surface area (Å²) in [5, 5.41) is 3.32. The monoisotopic (exact) mass is 286 g/mol. The van der Waals surface area contributed by atoms with E-state index in [0.29, 0.717) is 0 Å². The van der Waals surface area contributed by atoms with Crippen LogP contribution in [0.4, 0.5) is 4.39 Å². The fourth-order valence-electron chi connectivity index (χ4n) is 2.35. The summed E-state index contributed by atoms with van der Waals surface area (Å²) in [6, 6.07) is 15.4. The van der Waals surface area contributed by atoms with E-state index >= 15 is 0 Å². The molecular weight excluding hydrogens is 263 g/mol. The molecule has 0 aliphatic heterocycles. The highest BCUT2D eigenvalue weighted by molar-refractivity contribution is 5.23. The largest absolute Gasteiger partial charge is 0.313 e. The first-order valence-corrected chi connectivity index (χ1v) is 7.39. The topological polar surface area (TPSA) is 15.3 Å². The second-order valence-electron chi connectivity index (χ2n) is 5.40. The lowest BCUT2D eigenvalue weighted by Gasteiger charge is -2.17. The highest BCUT2D eigenvalue weighted by Gasteiger charge is 2.03. The molecule has 2 nitrogen and oxygen atoms in total. The SMILES string of the molecule is CCNCc1ccc(CN(C)Cc2cccc(F)c2)cc1. The fraction of sp³-hybridized carbons (Fsp3) is 0.333. The Morgan fingerprint density at radius 2 is 1.62 bits per heavy atom. The van der Waals surface area contributed by atoms with Gasteiger partial charge >= 0.3 is 0 Å². The van der Waals surface area contributed by atoms with Gasteiger partial charge in [0.05, 0.1) is 0 Å². The zero-order valence-electron chi connectivity index (χ0n) is 12.8. The summed E-state index contributed by atoms with van der Waals surface area (Å²) in [7, 11) is 2.05. The van der Waals surface area contributed by atoms with Crippen molar-refractivity contribution in [2.24, 2.45) is 0 Å². The van der Waals surface area contributed by atoms with Crippen LogP contribution in [0, 0.1) is 5.82 Å². The van der Waals surface area contributed by atoms with Crippen LogP contribution in [0.2, 0.25) is 0 Å². The minimum absolute atomic E-state index is 0.173. The second-order valence-corrected chi connectivity index (χ2v) is 5.40. The molecule has 2 aromatic carbocycles. The first-order valence-electron chi connectivity index (χ1n) is 7.39. The summed E-state index contributed by atoms with van der Waals surface area (Å²) in [6.45, 7) is 5.61. The zero-order valence-corrected chi connectivity index (χ0v) is 12.8. The zero-order chi connectivity index (χ0) is 15.1. The van der Waals surface area contributed by atoms with Crippen LogP contribution in [0.25, 0.3) is 0 Å². The van der Waals surface area contributed by atoms with Crippen molar-refractivity contribution in [1.82, 2.24) is 10.2 Å². The first kappa shape index (κ1) is 15.7. The summed E-state index contributed by atoms with van der Waals surface area (Å²) in [5.41, 5.74) is 3.57. The molecule has 21 heavy (non-hydrogen) atoms. The molecule has 0 aliphatic carbocycles. The summed E-state index contributed by atoms with van der Waals surface area (Å²) in [6.07, 6.45) is 0. The van der Waals surface area contributed by atoms with Crippen LogP contribution in [-0.4, -0.2) is 18.5 Å². The second kappa shape index (κ2) is 7.91. The molecule has 0 atom stereocenters. The average Bonchev–Trinajstić information content (AvgIpc) is 2.46. The average molecular weight is 286 g/mol. The Bertz CT molecular complexity index is 551. The molecule has 0 amide bonds. The molecule has 2 aromatic rings. The number of nitrogens with zero attached hydrogens (tertiary/aromatic N) is 1. The van der Waals surface area contributed by atoms with E-state index in [9.17, 15) is 4.39 Å². The lowest BCUT2D eigenvalue weighted by atomic mass is 10.1. The lowest BCUT2D eigenvalue weighted by Crippen LogP contribution is -2.17. The molecule has 0 aromatic heterocycles. The van der Waals surface area contributed by atoms with Gasteiger partial charge in [-0.2, -0.15) is 0 Å². The predicted octanol–water partition coefficient (Wildman–Crippen LogP) is 3.57. The lowest BCUT2D eigenvalue weighted by molar-refractivity contribution is 0.318. The summed E-state index contributed by atoms with van der Waals surface area (Å²) >= 11 is 0. The Morgan fingerprint density at radius 3 is 2.29 bits per heavy atom. The molecule has 3 heteroatoms. The Morgan fingerprint density at radius 1 is 0.952 bits per heavy atom. The number of benzene rings is 2. The van der Waals surface area contributed by atoms with E-state index in [1.54, 1.807) is 12.1 Å². The van der Waals surface area contributed by atoms with Crippen LogP contribution in [0.15, 0.2) is 48.5 Å². The minimum atomic E-state index is -0.173. The molecule has 112 valence electrons. The number of rotatable bonds is 7. The van der Waals surface area contributed by atoms with Gasteiger partial charge in [-0.05, 0) is 42.4 Å². The van der Waals surface area contributed by atoms with Gasteiger partial charge in [0.1, 0.15) is 5.82 Å². The van der Waals surface area contributed by atoms with Gasteiger partial charge in [0.15, 0.2) is 0 Å². The third-order valence-electron chi connectivity index (χ3n) is 3.40. The molecule has 0 saturated carbocycles. The van der Waals surface area contributed by atoms with Crippen molar-refractivity contribution in [3.63, 3.8) is 0 Å².